The first-order valence-corrected chi connectivity index (χ1v) is 14.4. The highest BCUT2D eigenvalue weighted by Crippen LogP contribution is 2.41. The van der Waals surface area contributed by atoms with Crippen molar-refractivity contribution in [2.24, 2.45) is 5.92 Å². The van der Waals surface area contributed by atoms with Crippen LogP contribution in [0.2, 0.25) is 0 Å². The molecule has 8 nitrogen and oxygen atoms in total. The van der Waals surface area contributed by atoms with Crippen LogP contribution in [0.3, 0.4) is 0 Å². The van der Waals surface area contributed by atoms with Crippen LogP contribution < -0.4 is 4.90 Å². The van der Waals surface area contributed by atoms with Gasteiger partial charge in [-0.25, -0.2) is 14.0 Å². The summed E-state index contributed by atoms with van der Waals surface area (Å²) in [6.07, 6.45) is -9.32. The molecule has 1 N–H and O–H groups in total. The molecule has 2 atom stereocenters. The average Bonchev–Trinajstić information content (AvgIpc) is 3.59. The van der Waals surface area contributed by atoms with Gasteiger partial charge in [0.1, 0.15) is 5.82 Å². The number of benzene rings is 2. The first-order valence-electron chi connectivity index (χ1n) is 14.4. The minimum atomic E-state index is -5.08. The summed E-state index contributed by atoms with van der Waals surface area (Å²) in [4.78, 5) is 43.7. The lowest BCUT2D eigenvalue weighted by Gasteiger charge is -2.34. The molecule has 244 valence electrons. The van der Waals surface area contributed by atoms with E-state index in [1.807, 2.05) is 0 Å². The number of hydrogen-bond donors (Lipinski definition) is 1. The zero-order valence-corrected chi connectivity index (χ0v) is 24.1. The van der Waals surface area contributed by atoms with Crippen molar-refractivity contribution in [1.82, 2.24) is 14.7 Å². The lowest BCUT2D eigenvalue weighted by atomic mass is 9.84. The van der Waals surface area contributed by atoms with E-state index in [1.165, 1.54) is 41.1 Å². The van der Waals surface area contributed by atoms with E-state index in [4.69, 9.17) is 0 Å². The van der Waals surface area contributed by atoms with Crippen molar-refractivity contribution in [2.45, 2.75) is 56.0 Å². The van der Waals surface area contributed by atoms with E-state index in [-0.39, 0.29) is 50.1 Å². The lowest BCUT2D eigenvalue weighted by Crippen LogP contribution is -2.45. The fraction of sp³-hybridized carbons (Fsp3) is 0.500. The molecule has 4 amide bonds. The number of anilines is 1. The molecule has 2 heterocycles. The van der Waals surface area contributed by atoms with Crippen LogP contribution >= 0.6 is 0 Å². The van der Waals surface area contributed by atoms with Crippen molar-refractivity contribution in [3.05, 3.63) is 65.0 Å². The Morgan fingerprint density at radius 3 is 1.98 bits per heavy atom. The van der Waals surface area contributed by atoms with Crippen molar-refractivity contribution in [3.8, 4) is 0 Å². The Kier molecular flexibility index (Phi) is 8.66. The van der Waals surface area contributed by atoms with Gasteiger partial charge in [0.2, 0.25) is 5.91 Å². The van der Waals surface area contributed by atoms with E-state index in [2.05, 4.69) is 0 Å². The summed E-state index contributed by atoms with van der Waals surface area (Å²) in [5.41, 5.74) is -3.00. The predicted octanol–water partition coefficient (Wildman–Crippen LogP) is 6.27. The number of halogens is 7. The van der Waals surface area contributed by atoms with E-state index in [0.717, 1.165) is 4.90 Å². The quantitative estimate of drug-likeness (QED) is 0.389. The largest absolute Gasteiger partial charge is 0.465 e. The maximum atomic E-state index is 13.8. The van der Waals surface area contributed by atoms with Crippen LogP contribution in [0, 0.1) is 11.7 Å². The van der Waals surface area contributed by atoms with Crippen LogP contribution in [0.5, 0.6) is 0 Å². The van der Waals surface area contributed by atoms with Gasteiger partial charge in [-0.3, -0.25) is 9.69 Å². The van der Waals surface area contributed by atoms with Crippen LogP contribution in [0.15, 0.2) is 42.5 Å². The number of carbonyl (C=O) groups is 3. The van der Waals surface area contributed by atoms with Crippen molar-refractivity contribution in [1.29, 1.82) is 0 Å². The van der Waals surface area contributed by atoms with E-state index in [0.29, 0.717) is 43.4 Å². The minimum Gasteiger partial charge on any atom is -0.465 e. The molecule has 2 saturated heterocycles. The molecule has 3 aliphatic rings. The van der Waals surface area contributed by atoms with Gasteiger partial charge in [0.25, 0.3) is 0 Å². The van der Waals surface area contributed by atoms with Gasteiger partial charge in [0.15, 0.2) is 0 Å². The van der Waals surface area contributed by atoms with Gasteiger partial charge in [-0.1, -0.05) is 12.1 Å². The van der Waals surface area contributed by atoms with Crippen molar-refractivity contribution < 1.29 is 50.2 Å². The molecule has 0 spiro atoms. The molecule has 2 aromatic rings. The summed E-state index contributed by atoms with van der Waals surface area (Å²) in [6, 6.07) is 4.83. The molecule has 5 rings (SSSR count). The molecule has 1 saturated carbocycles. The third kappa shape index (κ3) is 6.66. The fourth-order valence-electron chi connectivity index (χ4n) is 6.64. The van der Waals surface area contributed by atoms with Gasteiger partial charge in [-0.15, -0.1) is 0 Å². The molecule has 1 aliphatic carbocycles. The third-order valence-corrected chi connectivity index (χ3v) is 9.12. The highest BCUT2D eigenvalue weighted by molar-refractivity contribution is 5.95. The monoisotopic (exact) mass is 644 g/mol. The number of carbonyl (C=O) groups excluding carboxylic acids is 2. The highest BCUT2D eigenvalue weighted by atomic mass is 19.4. The van der Waals surface area contributed by atoms with Crippen LogP contribution in [-0.2, 0) is 17.1 Å². The van der Waals surface area contributed by atoms with Crippen LogP contribution in [0.25, 0.3) is 0 Å². The Balaban J connectivity index is 1.39. The Morgan fingerprint density at radius 1 is 0.867 bits per heavy atom. The molecule has 0 aromatic heterocycles. The minimum absolute atomic E-state index is 0.0000115. The summed E-state index contributed by atoms with van der Waals surface area (Å²) in [5.74, 6) is -1.57. The van der Waals surface area contributed by atoms with Gasteiger partial charge in [-0.05, 0) is 61.6 Å². The zero-order chi connectivity index (χ0) is 32.8. The van der Waals surface area contributed by atoms with Crippen LogP contribution in [0.1, 0.15) is 48.3 Å². The number of hydrogen-bond acceptors (Lipinski definition) is 3. The second-order valence-corrected chi connectivity index (χ2v) is 11.8. The molecule has 0 radical (unpaired) electrons. The molecule has 45 heavy (non-hydrogen) atoms. The Labute approximate surface area is 254 Å². The summed E-state index contributed by atoms with van der Waals surface area (Å²) in [7, 11) is 1.48. The normalized spacial score (nSPS) is 24.4. The first kappa shape index (κ1) is 32.4. The summed E-state index contributed by atoms with van der Waals surface area (Å²) < 4.78 is 94.8. The molecular weight excluding hydrogens is 613 g/mol. The maximum absolute atomic E-state index is 13.8. The topological polar surface area (TPSA) is 84.4 Å². The van der Waals surface area contributed by atoms with Gasteiger partial charge in [-0.2, -0.15) is 26.3 Å². The average molecular weight is 645 g/mol. The van der Waals surface area contributed by atoms with Gasteiger partial charge < -0.3 is 19.8 Å². The molecular formula is C30H31F7N4O4. The van der Waals surface area contributed by atoms with Crippen LogP contribution in [0.4, 0.5) is 46.0 Å². The number of rotatable bonds is 5. The second kappa shape index (κ2) is 12.0. The van der Waals surface area contributed by atoms with Crippen LogP contribution in [-0.4, -0.2) is 83.1 Å². The van der Waals surface area contributed by atoms with Crippen molar-refractivity contribution >= 4 is 23.7 Å². The molecule has 3 fully saturated rings. The first-order chi connectivity index (χ1) is 21.0. The van der Waals surface area contributed by atoms with Crippen molar-refractivity contribution in [3.63, 3.8) is 0 Å². The van der Waals surface area contributed by atoms with E-state index in [9.17, 15) is 50.2 Å². The standard InChI is InChI=1S/C30H31F7N4O4/c1-38(28(44)45)22-8-4-18(5-9-22)26(42)39-15-24(17-2-6-21(31)7-3-17)25(16-39)41-11-10-40(27(41)43)23-13-19(29(32,33)34)12-20(14-23)30(35,36)37/h2-3,6-7,12-14,18,22,24-25H,4-5,8-11,15-16H2,1H3,(H,44,45)/t18?,22?,24-,25+/m0/s1. The summed E-state index contributed by atoms with van der Waals surface area (Å²) in [5, 5.41) is 9.27. The van der Waals surface area contributed by atoms with E-state index in [1.54, 1.807) is 4.90 Å². The molecule has 2 aliphatic heterocycles. The summed E-state index contributed by atoms with van der Waals surface area (Å²) >= 11 is 0. The maximum Gasteiger partial charge on any atom is 0.416 e. The smallest absolute Gasteiger partial charge is 0.416 e. The van der Waals surface area contributed by atoms with Gasteiger partial charge in [0.05, 0.1) is 17.2 Å². The van der Waals surface area contributed by atoms with Gasteiger partial charge in [0, 0.05) is 56.8 Å². The highest BCUT2D eigenvalue weighted by Gasteiger charge is 2.47. The predicted molar refractivity (Wildman–Crippen MR) is 147 cm³/mol. The third-order valence-electron chi connectivity index (χ3n) is 9.12. The molecule has 15 heteroatoms. The SMILES string of the molecule is CN(C(=O)O)C1CCC(C(=O)N2C[C@@H](N3CCN(c4cc(C(F)(F)F)cc(C(F)(F)F)c4)C3=O)[C@H](c3ccc(F)cc3)C2)CC1. The molecule has 0 bridgehead atoms. The lowest BCUT2D eigenvalue weighted by molar-refractivity contribution is -0.143. The number of carboxylic acid groups (broad SMARTS) is 1. The Bertz CT molecular complexity index is 1410. The molecule has 2 aromatic carbocycles. The van der Waals surface area contributed by atoms with Crippen molar-refractivity contribution in [2.75, 3.05) is 38.1 Å². The number of urea groups is 1. The Hall–Kier alpha value is -4.04. The van der Waals surface area contributed by atoms with E-state index < -0.39 is 59.1 Å². The second-order valence-electron chi connectivity index (χ2n) is 11.8. The summed E-state index contributed by atoms with van der Waals surface area (Å²) in [6.45, 7) is 0.0219. The van der Waals surface area contributed by atoms with E-state index >= 15 is 0 Å². The fourth-order valence-corrected chi connectivity index (χ4v) is 6.64. The number of amides is 4. The Morgan fingerprint density at radius 2 is 1.44 bits per heavy atom. The zero-order valence-electron chi connectivity index (χ0n) is 24.1. The number of alkyl halides is 6. The molecule has 0 unspecified atom stereocenters. The number of nitrogens with zero attached hydrogens (tertiary/aromatic N) is 4. The van der Waals surface area contributed by atoms with Gasteiger partial charge >= 0.3 is 24.5 Å². The number of likely N-dealkylation sites (tertiary alicyclic amines) is 1.